The van der Waals surface area contributed by atoms with Crippen molar-refractivity contribution in [1.29, 1.82) is 0 Å². The molecule has 2 heterocycles. The lowest BCUT2D eigenvalue weighted by molar-refractivity contribution is 0.0465. The molecular formula is C24H29N3O4. The molecule has 1 aliphatic rings. The van der Waals surface area contributed by atoms with Crippen LogP contribution in [0.4, 0.5) is 0 Å². The molecule has 1 saturated heterocycles. The van der Waals surface area contributed by atoms with Crippen molar-refractivity contribution in [2.24, 2.45) is 5.92 Å². The first-order valence-corrected chi connectivity index (χ1v) is 10.5. The number of aromatic nitrogens is 1. The highest BCUT2D eigenvalue weighted by molar-refractivity contribution is 5.97. The van der Waals surface area contributed by atoms with Crippen LogP contribution in [-0.2, 0) is 0 Å². The molecule has 3 aromatic rings. The molecule has 0 bridgehead atoms. The smallest absolute Gasteiger partial charge is 0.254 e. The number of rotatable bonds is 5. The van der Waals surface area contributed by atoms with Gasteiger partial charge in [-0.25, -0.2) is 4.98 Å². The Morgan fingerprint density at radius 2 is 1.81 bits per heavy atom. The van der Waals surface area contributed by atoms with Crippen molar-refractivity contribution in [2.75, 3.05) is 40.9 Å². The molecule has 1 amide bonds. The number of carbonyl (C=O) groups excluding carboxylic acids is 1. The standard InChI is InChI=1S/C24H29N3O4/c1-15(2)21-14-27(9-8-26(21)3)24(28)16-6-7-22-20(12-16)25-23(31-22)17-10-18(29-4)13-19(11-17)30-5/h6-7,10-13,15,21H,8-9,14H2,1-5H3. The van der Waals surface area contributed by atoms with E-state index in [1.54, 1.807) is 20.3 Å². The molecule has 31 heavy (non-hydrogen) atoms. The van der Waals surface area contributed by atoms with Crippen LogP contribution in [0.25, 0.3) is 22.6 Å². The van der Waals surface area contributed by atoms with Gasteiger partial charge in [0.05, 0.1) is 14.2 Å². The summed E-state index contributed by atoms with van der Waals surface area (Å²) in [5.74, 6) is 2.29. The average molecular weight is 424 g/mol. The summed E-state index contributed by atoms with van der Waals surface area (Å²) in [6.07, 6.45) is 0. The van der Waals surface area contributed by atoms with E-state index < -0.39 is 0 Å². The van der Waals surface area contributed by atoms with Crippen LogP contribution in [-0.4, -0.2) is 67.6 Å². The third kappa shape index (κ3) is 4.23. The number of fused-ring (bicyclic) bond motifs is 1. The second kappa shape index (κ2) is 8.59. The zero-order valence-electron chi connectivity index (χ0n) is 18.7. The summed E-state index contributed by atoms with van der Waals surface area (Å²) in [5, 5.41) is 0. The predicted molar refractivity (Wildman–Crippen MR) is 120 cm³/mol. The summed E-state index contributed by atoms with van der Waals surface area (Å²) >= 11 is 0. The highest BCUT2D eigenvalue weighted by atomic mass is 16.5. The van der Waals surface area contributed by atoms with Crippen molar-refractivity contribution in [3.63, 3.8) is 0 Å². The average Bonchev–Trinajstić information content (AvgIpc) is 3.21. The van der Waals surface area contributed by atoms with Gasteiger partial charge in [0.1, 0.15) is 17.0 Å². The third-order valence-electron chi connectivity index (χ3n) is 5.99. The lowest BCUT2D eigenvalue weighted by Crippen LogP contribution is -2.55. The first-order chi connectivity index (χ1) is 14.9. The Kier molecular flexibility index (Phi) is 5.87. The summed E-state index contributed by atoms with van der Waals surface area (Å²) < 4.78 is 16.6. The molecule has 0 radical (unpaired) electrons. The van der Waals surface area contributed by atoms with E-state index in [0.717, 1.165) is 25.2 Å². The van der Waals surface area contributed by atoms with Crippen molar-refractivity contribution in [3.05, 3.63) is 42.0 Å². The summed E-state index contributed by atoms with van der Waals surface area (Å²) in [5.41, 5.74) is 2.66. The molecule has 0 spiro atoms. The van der Waals surface area contributed by atoms with Crippen LogP contribution in [0.3, 0.4) is 0 Å². The fourth-order valence-electron chi connectivity index (χ4n) is 4.10. The molecule has 1 unspecified atom stereocenters. The third-order valence-corrected chi connectivity index (χ3v) is 5.99. The summed E-state index contributed by atoms with van der Waals surface area (Å²) in [6, 6.07) is 11.3. The van der Waals surface area contributed by atoms with E-state index in [2.05, 4.69) is 30.8 Å². The van der Waals surface area contributed by atoms with E-state index in [-0.39, 0.29) is 5.91 Å². The van der Waals surface area contributed by atoms with Gasteiger partial charge in [-0.15, -0.1) is 0 Å². The molecule has 1 atom stereocenters. The van der Waals surface area contributed by atoms with Crippen LogP contribution in [0.5, 0.6) is 11.5 Å². The number of benzene rings is 2. The van der Waals surface area contributed by atoms with Crippen LogP contribution in [0.15, 0.2) is 40.8 Å². The van der Waals surface area contributed by atoms with E-state index in [0.29, 0.717) is 46.0 Å². The molecule has 0 N–H and O–H groups in total. The monoisotopic (exact) mass is 423 g/mol. The van der Waals surface area contributed by atoms with Crippen LogP contribution in [0.2, 0.25) is 0 Å². The van der Waals surface area contributed by atoms with Crippen LogP contribution >= 0.6 is 0 Å². The maximum atomic E-state index is 13.2. The first kappa shape index (κ1) is 21.2. The van der Waals surface area contributed by atoms with Crippen molar-refractivity contribution in [3.8, 4) is 23.0 Å². The molecule has 7 heteroatoms. The Balaban J connectivity index is 1.62. The van der Waals surface area contributed by atoms with Gasteiger partial charge in [0.25, 0.3) is 5.91 Å². The van der Waals surface area contributed by atoms with E-state index in [4.69, 9.17) is 13.9 Å². The van der Waals surface area contributed by atoms with Crippen LogP contribution < -0.4 is 9.47 Å². The van der Waals surface area contributed by atoms with Gasteiger partial charge in [0, 0.05) is 42.9 Å². The maximum absolute atomic E-state index is 13.2. The summed E-state index contributed by atoms with van der Waals surface area (Å²) in [6.45, 7) is 6.74. The molecule has 0 saturated carbocycles. The van der Waals surface area contributed by atoms with E-state index >= 15 is 0 Å². The number of amides is 1. The molecule has 7 nitrogen and oxygen atoms in total. The van der Waals surface area contributed by atoms with Gasteiger partial charge in [-0.1, -0.05) is 13.8 Å². The van der Waals surface area contributed by atoms with E-state index in [9.17, 15) is 4.79 Å². The molecule has 164 valence electrons. The number of hydrogen-bond donors (Lipinski definition) is 0. The van der Waals surface area contributed by atoms with E-state index in [1.165, 1.54) is 0 Å². The quantitative estimate of drug-likeness (QED) is 0.620. The van der Waals surface area contributed by atoms with Gasteiger partial charge in [-0.05, 0) is 43.3 Å². The van der Waals surface area contributed by atoms with Gasteiger partial charge in [0.2, 0.25) is 5.89 Å². The molecule has 1 fully saturated rings. The topological polar surface area (TPSA) is 68.0 Å². The Hall–Kier alpha value is -3.06. The summed E-state index contributed by atoms with van der Waals surface area (Å²) in [4.78, 5) is 22.1. The SMILES string of the molecule is COc1cc(OC)cc(-c2nc3cc(C(=O)N4CCN(C)C(C(C)C)C4)ccc3o2)c1. The van der Waals surface area contributed by atoms with Crippen molar-refractivity contribution >= 4 is 17.0 Å². The Morgan fingerprint density at radius 3 is 2.45 bits per heavy atom. The number of hydrogen-bond acceptors (Lipinski definition) is 6. The number of methoxy groups -OCH3 is 2. The molecule has 1 aromatic heterocycles. The van der Waals surface area contributed by atoms with Gasteiger partial charge in [-0.2, -0.15) is 0 Å². The Bertz CT molecular complexity index is 1070. The maximum Gasteiger partial charge on any atom is 0.254 e. The first-order valence-electron chi connectivity index (χ1n) is 10.5. The van der Waals surface area contributed by atoms with Gasteiger partial charge < -0.3 is 18.8 Å². The zero-order valence-corrected chi connectivity index (χ0v) is 18.7. The molecular weight excluding hydrogens is 394 g/mol. The second-order valence-electron chi connectivity index (χ2n) is 8.35. The van der Waals surface area contributed by atoms with Crippen molar-refractivity contribution < 1.29 is 18.7 Å². The highest BCUT2D eigenvalue weighted by Crippen LogP contribution is 2.31. The van der Waals surface area contributed by atoms with Crippen molar-refractivity contribution in [2.45, 2.75) is 19.9 Å². The van der Waals surface area contributed by atoms with E-state index in [1.807, 2.05) is 35.2 Å². The number of oxazole rings is 1. The van der Waals surface area contributed by atoms with Gasteiger partial charge >= 0.3 is 0 Å². The Labute approximate surface area is 182 Å². The molecule has 4 rings (SSSR count). The lowest BCUT2D eigenvalue weighted by atomic mass is 9.99. The minimum absolute atomic E-state index is 0.0354. The fourth-order valence-corrected chi connectivity index (χ4v) is 4.10. The number of ether oxygens (including phenoxy) is 2. The lowest BCUT2D eigenvalue weighted by Gasteiger charge is -2.41. The van der Waals surface area contributed by atoms with Gasteiger partial charge in [-0.3, -0.25) is 9.69 Å². The van der Waals surface area contributed by atoms with Crippen LogP contribution in [0, 0.1) is 5.92 Å². The largest absolute Gasteiger partial charge is 0.497 e. The second-order valence-corrected chi connectivity index (χ2v) is 8.35. The minimum Gasteiger partial charge on any atom is -0.497 e. The van der Waals surface area contributed by atoms with Gasteiger partial charge in [0.15, 0.2) is 5.58 Å². The normalized spacial score (nSPS) is 17.4. The number of nitrogens with zero attached hydrogens (tertiary/aromatic N) is 3. The molecule has 0 aliphatic carbocycles. The summed E-state index contributed by atoms with van der Waals surface area (Å²) in [7, 11) is 5.33. The predicted octanol–water partition coefficient (Wildman–Crippen LogP) is 3.92. The van der Waals surface area contributed by atoms with Crippen LogP contribution in [0.1, 0.15) is 24.2 Å². The fraction of sp³-hybridized carbons (Fsp3) is 0.417. The Morgan fingerprint density at radius 1 is 1.10 bits per heavy atom. The van der Waals surface area contributed by atoms with Crippen molar-refractivity contribution in [1.82, 2.24) is 14.8 Å². The minimum atomic E-state index is 0.0354. The molecule has 1 aliphatic heterocycles. The number of carbonyl (C=O) groups is 1. The molecule has 2 aromatic carbocycles. The number of piperazine rings is 1. The number of likely N-dealkylation sites (N-methyl/N-ethyl adjacent to an activating group) is 1. The highest BCUT2D eigenvalue weighted by Gasteiger charge is 2.30. The zero-order chi connectivity index (χ0) is 22.1.